The summed E-state index contributed by atoms with van der Waals surface area (Å²) >= 11 is 1.37. The Morgan fingerprint density at radius 3 is 2.89 bits per heavy atom. The van der Waals surface area contributed by atoms with Gasteiger partial charge >= 0.3 is 0 Å². The van der Waals surface area contributed by atoms with Crippen LogP contribution in [0.5, 0.6) is 0 Å². The van der Waals surface area contributed by atoms with Crippen LogP contribution in [0.3, 0.4) is 0 Å². The number of halogens is 2. The van der Waals surface area contributed by atoms with Crippen molar-refractivity contribution in [3.05, 3.63) is 34.8 Å². The quantitative estimate of drug-likeness (QED) is 0.792. The third kappa shape index (κ3) is 3.44. The molecule has 2 amide bonds. The molecule has 0 fully saturated rings. The first kappa shape index (κ1) is 13.8. The molecule has 2 N–H and O–H groups in total. The highest BCUT2D eigenvalue weighted by atomic mass is 32.2. The molecule has 7 heteroatoms. The van der Waals surface area contributed by atoms with Gasteiger partial charge in [0.2, 0.25) is 11.8 Å². The molecule has 0 aromatic carbocycles. The van der Waals surface area contributed by atoms with Crippen LogP contribution in [0.25, 0.3) is 0 Å². The molecule has 0 bridgehead atoms. The first-order valence-electron chi connectivity index (χ1n) is 5.65. The van der Waals surface area contributed by atoms with Gasteiger partial charge in [-0.15, -0.1) is 11.8 Å². The Labute approximate surface area is 113 Å². The van der Waals surface area contributed by atoms with Gasteiger partial charge in [-0.25, -0.2) is 8.78 Å². The summed E-state index contributed by atoms with van der Waals surface area (Å²) in [5.41, 5.74) is 1.92. The molecule has 2 rings (SSSR count). The third-order valence-corrected chi connectivity index (χ3v) is 3.74. The monoisotopic (exact) mass is 286 g/mol. The minimum absolute atomic E-state index is 0.293. The summed E-state index contributed by atoms with van der Waals surface area (Å²) in [7, 11) is 0. The number of thioether (sulfide) groups is 1. The number of hydrogen-bond acceptors (Lipinski definition) is 3. The zero-order chi connectivity index (χ0) is 13.8. The molecule has 1 aliphatic heterocycles. The van der Waals surface area contributed by atoms with Crippen LogP contribution in [-0.4, -0.2) is 36.6 Å². The van der Waals surface area contributed by atoms with Gasteiger partial charge in [-0.05, 0) is 16.6 Å². The van der Waals surface area contributed by atoms with Crippen molar-refractivity contribution in [2.45, 2.75) is 11.7 Å². The lowest BCUT2D eigenvalue weighted by molar-refractivity contribution is -0.125. The fourth-order valence-electron chi connectivity index (χ4n) is 1.73. The first-order chi connectivity index (χ1) is 9.08. The molecule has 0 aromatic heterocycles. The SMILES string of the molecule is O=C(CNC(=O)C1SC=C2C=CC=C21)NCC(F)F. The van der Waals surface area contributed by atoms with Crippen molar-refractivity contribution in [1.82, 2.24) is 10.6 Å². The van der Waals surface area contributed by atoms with Gasteiger partial charge in [0.05, 0.1) is 13.1 Å². The maximum atomic E-state index is 11.9. The molecule has 4 nitrogen and oxygen atoms in total. The van der Waals surface area contributed by atoms with E-state index in [-0.39, 0.29) is 17.7 Å². The highest BCUT2D eigenvalue weighted by Crippen LogP contribution is 2.38. The lowest BCUT2D eigenvalue weighted by Crippen LogP contribution is -2.41. The van der Waals surface area contributed by atoms with Crippen molar-refractivity contribution in [1.29, 1.82) is 0 Å². The summed E-state index contributed by atoms with van der Waals surface area (Å²) < 4.78 is 23.7. The van der Waals surface area contributed by atoms with Crippen LogP contribution in [0.15, 0.2) is 34.8 Å². The Morgan fingerprint density at radius 2 is 2.16 bits per heavy atom. The molecule has 0 saturated heterocycles. The predicted octanol–water partition coefficient (Wildman–Crippen LogP) is 0.979. The van der Waals surface area contributed by atoms with E-state index in [0.717, 1.165) is 11.1 Å². The van der Waals surface area contributed by atoms with Gasteiger partial charge in [0.1, 0.15) is 5.25 Å². The number of nitrogens with one attached hydrogen (secondary N) is 2. The zero-order valence-electron chi connectivity index (χ0n) is 9.86. The normalized spacial score (nSPS) is 20.1. The van der Waals surface area contributed by atoms with Crippen LogP contribution in [0.4, 0.5) is 8.78 Å². The van der Waals surface area contributed by atoms with Gasteiger partial charge in [-0.3, -0.25) is 9.59 Å². The second-order valence-electron chi connectivity index (χ2n) is 3.98. The van der Waals surface area contributed by atoms with Crippen LogP contribution >= 0.6 is 11.8 Å². The summed E-state index contributed by atoms with van der Waals surface area (Å²) in [6.45, 7) is -0.994. The molecule has 19 heavy (non-hydrogen) atoms. The topological polar surface area (TPSA) is 58.2 Å². The number of hydrogen-bond donors (Lipinski definition) is 2. The number of amides is 2. The Balaban J connectivity index is 1.75. The highest BCUT2D eigenvalue weighted by molar-refractivity contribution is 8.04. The van der Waals surface area contributed by atoms with Crippen LogP contribution in [-0.2, 0) is 9.59 Å². The smallest absolute Gasteiger partial charge is 0.255 e. The molecule has 1 atom stereocenters. The van der Waals surface area contributed by atoms with Gasteiger partial charge in [0.15, 0.2) is 0 Å². The standard InChI is InChI=1S/C12H12F2N2O2S/c13-9(14)4-15-10(17)5-16-12(18)11-8-3-1-2-7(8)6-19-11/h1-3,6,9,11H,4-5H2,(H,15,17)(H,16,18). The average Bonchev–Trinajstić information content (AvgIpc) is 2.95. The minimum atomic E-state index is -2.59. The van der Waals surface area contributed by atoms with Crippen molar-refractivity contribution in [2.24, 2.45) is 0 Å². The van der Waals surface area contributed by atoms with Crippen molar-refractivity contribution < 1.29 is 18.4 Å². The molecule has 0 aromatic rings. The van der Waals surface area contributed by atoms with E-state index in [9.17, 15) is 18.4 Å². The van der Waals surface area contributed by atoms with E-state index < -0.39 is 18.9 Å². The third-order valence-electron chi connectivity index (χ3n) is 2.61. The Bertz CT molecular complexity index is 486. The number of fused-ring (bicyclic) bond motifs is 1. The van der Waals surface area contributed by atoms with E-state index in [4.69, 9.17) is 0 Å². The Kier molecular flexibility index (Phi) is 4.36. The molecule has 1 unspecified atom stereocenters. The maximum Gasteiger partial charge on any atom is 0.255 e. The van der Waals surface area contributed by atoms with Crippen LogP contribution in [0.1, 0.15) is 0 Å². The first-order valence-corrected chi connectivity index (χ1v) is 6.59. The zero-order valence-corrected chi connectivity index (χ0v) is 10.7. The van der Waals surface area contributed by atoms with Gasteiger partial charge in [0.25, 0.3) is 6.43 Å². The van der Waals surface area contributed by atoms with Gasteiger partial charge in [-0.1, -0.05) is 18.2 Å². The molecular formula is C12H12F2N2O2S. The van der Waals surface area contributed by atoms with Crippen molar-refractivity contribution in [3.8, 4) is 0 Å². The van der Waals surface area contributed by atoms with Gasteiger partial charge in [0, 0.05) is 0 Å². The predicted molar refractivity (Wildman–Crippen MR) is 68.7 cm³/mol. The van der Waals surface area contributed by atoms with Crippen molar-refractivity contribution in [2.75, 3.05) is 13.1 Å². The van der Waals surface area contributed by atoms with E-state index in [1.165, 1.54) is 11.8 Å². The van der Waals surface area contributed by atoms with Crippen molar-refractivity contribution in [3.63, 3.8) is 0 Å². The largest absolute Gasteiger partial charge is 0.349 e. The molecule has 0 radical (unpaired) electrons. The summed E-state index contributed by atoms with van der Waals surface area (Å²) in [5, 5.41) is 5.98. The van der Waals surface area contributed by atoms with E-state index in [0.29, 0.717) is 0 Å². The number of allylic oxidation sites excluding steroid dienone is 4. The van der Waals surface area contributed by atoms with Crippen molar-refractivity contribution >= 4 is 23.6 Å². The summed E-state index contributed by atoms with van der Waals surface area (Å²) in [6.07, 6.45) is 3.03. The molecule has 0 saturated carbocycles. The molecular weight excluding hydrogens is 274 g/mol. The molecule has 102 valence electrons. The number of rotatable bonds is 5. The van der Waals surface area contributed by atoms with Crippen LogP contribution < -0.4 is 10.6 Å². The molecule has 0 spiro atoms. The fourth-order valence-corrected chi connectivity index (χ4v) is 2.79. The van der Waals surface area contributed by atoms with E-state index in [1.807, 2.05) is 29.0 Å². The highest BCUT2D eigenvalue weighted by Gasteiger charge is 2.30. The lowest BCUT2D eigenvalue weighted by atomic mass is 10.1. The van der Waals surface area contributed by atoms with E-state index >= 15 is 0 Å². The lowest BCUT2D eigenvalue weighted by Gasteiger charge is -2.12. The van der Waals surface area contributed by atoms with Gasteiger partial charge in [-0.2, -0.15) is 0 Å². The summed E-state index contributed by atoms with van der Waals surface area (Å²) in [4.78, 5) is 23.1. The van der Waals surface area contributed by atoms with Gasteiger partial charge < -0.3 is 10.6 Å². The number of alkyl halides is 2. The molecule has 2 aliphatic rings. The van der Waals surface area contributed by atoms with E-state index in [1.54, 1.807) is 0 Å². The molecule has 1 heterocycles. The number of carbonyl (C=O) groups is 2. The van der Waals surface area contributed by atoms with Crippen LogP contribution in [0, 0.1) is 0 Å². The second-order valence-corrected chi connectivity index (χ2v) is 4.96. The Morgan fingerprint density at radius 1 is 1.37 bits per heavy atom. The van der Waals surface area contributed by atoms with Crippen LogP contribution in [0.2, 0.25) is 0 Å². The Hall–Kier alpha value is -1.63. The second kappa shape index (κ2) is 6.01. The van der Waals surface area contributed by atoms with E-state index in [2.05, 4.69) is 5.32 Å². The maximum absolute atomic E-state index is 11.9. The summed E-state index contributed by atoms with van der Waals surface area (Å²) in [6, 6.07) is 0. The number of carbonyl (C=O) groups excluding carboxylic acids is 2. The molecule has 1 aliphatic carbocycles. The fraction of sp³-hybridized carbons (Fsp3) is 0.333. The summed E-state index contributed by atoms with van der Waals surface area (Å²) in [5.74, 6) is -0.915. The minimum Gasteiger partial charge on any atom is -0.349 e. The average molecular weight is 286 g/mol.